The van der Waals surface area contributed by atoms with Gasteiger partial charge in [-0.15, -0.1) is 0 Å². The summed E-state index contributed by atoms with van der Waals surface area (Å²) < 4.78 is 1.22. The van der Waals surface area contributed by atoms with E-state index in [1.54, 1.807) is 0 Å². The Kier molecular flexibility index (Phi) is 1.54. The summed E-state index contributed by atoms with van der Waals surface area (Å²) in [5, 5.41) is 0. The van der Waals surface area contributed by atoms with E-state index in [2.05, 4.69) is 4.98 Å². The second-order valence-corrected chi connectivity index (χ2v) is 2.57. The molecule has 38 valence electrons. The van der Waals surface area contributed by atoms with E-state index in [9.17, 15) is 0 Å². The van der Waals surface area contributed by atoms with Crippen molar-refractivity contribution in [3.63, 3.8) is 0 Å². The number of aromatic nitrogens is 1. The summed E-state index contributed by atoms with van der Waals surface area (Å²) in [6.45, 7) is 0. The van der Waals surface area contributed by atoms with Gasteiger partial charge in [-0.25, -0.2) is 0 Å². The second-order valence-electron chi connectivity index (χ2n) is 1.20. The molecule has 0 unspecified atom stereocenters. The van der Waals surface area contributed by atoms with Gasteiger partial charge in [0.05, 0.1) is 0 Å². The van der Waals surface area contributed by atoms with Gasteiger partial charge in [-0.05, 0) is 0 Å². The molecule has 2 heteroatoms. The topological polar surface area (TPSA) is 15.8 Å². The molecule has 0 bridgehead atoms. The van der Waals surface area contributed by atoms with E-state index in [1.807, 2.05) is 42.5 Å². The molecule has 0 saturated carbocycles. The Morgan fingerprint density at radius 3 is 2.57 bits per heavy atom. The van der Waals surface area contributed by atoms with Crippen LogP contribution in [-0.2, 0) is 18.1 Å². The molecule has 0 amide bonds. The molecule has 1 heterocycles. The van der Waals surface area contributed by atoms with Crippen LogP contribution in [0.2, 0.25) is 0 Å². The molecule has 0 fully saturated rings. The first-order valence-electron chi connectivity index (χ1n) is 2.00. The molecular weight excluding hydrogens is 264 g/mol. The Labute approximate surface area is 51.8 Å². The van der Waals surface area contributed by atoms with E-state index < -0.39 is 0 Å². The number of hydrogen-bond donors (Lipinski definition) is 1. The minimum atomic E-state index is 1.22. The Hall–Kier alpha value is -0.214. The van der Waals surface area contributed by atoms with Gasteiger partial charge in [-0.1, -0.05) is 0 Å². The molecule has 0 spiro atoms. The van der Waals surface area contributed by atoms with E-state index in [4.69, 9.17) is 0 Å². The fourth-order valence-electron chi connectivity index (χ4n) is 0.367. The Morgan fingerprint density at radius 1 is 1.43 bits per heavy atom. The van der Waals surface area contributed by atoms with Crippen LogP contribution >= 0.6 is 0 Å². The summed E-state index contributed by atoms with van der Waals surface area (Å²) in [6, 6.07) is 6.02. The van der Waals surface area contributed by atoms with Crippen molar-refractivity contribution in [3.8, 4) is 0 Å². The van der Waals surface area contributed by atoms with Crippen LogP contribution < -0.4 is 0 Å². The molecular formula is C5H5NOs. The van der Waals surface area contributed by atoms with Crippen LogP contribution in [0.25, 0.3) is 0 Å². The van der Waals surface area contributed by atoms with E-state index >= 15 is 0 Å². The molecule has 0 aliphatic carbocycles. The van der Waals surface area contributed by atoms with Crippen LogP contribution in [-0.4, -0.2) is 4.98 Å². The molecule has 0 aliphatic rings. The summed E-state index contributed by atoms with van der Waals surface area (Å²) >= 11 is 1.85. The van der Waals surface area contributed by atoms with Gasteiger partial charge in [-0.3, -0.25) is 0 Å². The third kappa shape index (κ3) is 1.37. The quantitative estimate of drug-likeness (QED) is 0.726. The fraction of sp³-hybridized carbons (Fsp3) is 0. The van der Waals surface area contributed by atoms with Gasteiger partial charge in [0.2, 0.25) is 0 Å². The van der Waals surface area contributed by atoms with Gasteiger partial charge in [0.25, 0.3) is 0 Å². The zero-order chi connectivity index (χ0) is 5.11. The van der Waals surface area contributed by atoms with Gasteiger partial charge < -0.3 is 0 Å². The fourth-order valence-corrected chi connectivity index (χ4v) is 0.823. The zero-order valence-corrected chi connectivity index (χ0v) is 6.20. The van der Waals surface area contributed by atoms with E-state index in [-0.39, 0.29) is 0 Å². The van der Waals surface area contributed by atoms with Crippen molar-refractivity contribution in [1.29, 1.82) is 0 Å². The molecule has 0 atom stereocenters. The summed E-state index contributed by atoms with van der Waals surface area (Å²) in [4.78, 5) is 3.04. The van der Waals surface area contributed by atoms with Gasteiger partial charge in [0.1, 0.15) is 0 Å². The predicted molar refractivity (Wildman–Crippen MR) is 24.0 cm³/mol. The van der Waals surface area contributed by atoms with Crippen LogP contribution in [0.15, 0.2) is 24.4 Å². The molecule has 0 radical (unpaired) electrons. The number of pyridine rings is 1. The van der Waals surface area contributed by atoms with E-state index in [0.29, 0.717) is 0 Å². The van der Waals surface area contributed by atoms with Crippen molar-refractivity contribution >= 4 is 0 Å². The standard InChI is InChI=1S/C5H5N.Os/c1-2-4-6-5-3-1;/h1-4,6H;. The average Bonchev–Trinajstić information content (AvgIpc) is 1.69. The van der Waals surface area contributed by atoms with E-state index in [1.165, 1.54) is 3.84 Å². The Balaban J connectivity index is 3.28. The number of rotatable bonds is 0. The van der Waals surface area contributed by atoms with Gasteiger partial charge in [0, 0.05) is 0 Å². The van der Waals surface area contributed by atoms with Crippen molar-refractivity contribution < 1.29 is 18.1 Å². The SMILES string of the molecule is [Os]=[c]1cccc[nH]1. The van der Waals surface area contributed by atoms with Crippen molar-refractivity contribution in [3.05, 3.63) is 28.2 Å². The number of H-pyrrole nitrogens is 1. The zero-order valence-electron chi connectivity index (χ0n) is 3.66. The maximum absolute atomic E-state index is 3.04. The average molecular weight is 269 g/mol. The van der Waals surface area contributed by atoms with Gasteiger partial charge in [-0.2, -0.15) is 0 Å². The number of aromatic amines is 1. The third-order valence-electron chi connectivity index (χ3n) is 0.664. The number of nitrogens with one attached hydrogen (secondary N) is 1. The molecule has 0 aliphatic heterocycles. The van der Waals surface area contributed by atoms with Crippen LogP contribution in [0.4, 0.5) is 0 Å². The molecule has 1 aromatic rings. The van der Waals surface area contributed by atoms with Crippen LogP contribution in [0.5, 0.6) is 0 Å². The molecule has 0 aromatic carbocycles. The normalized spacial score (nSPS) is 8.71. The minimum absolute atomic E-state index is 1.22. The molecule has 1 aromatic heterocycles. The maximum atomic E-state index is 3.04. The monoisotopic (exact) mass is 271 g/mol. The molecule has 1 N–H and O–H groups in total. The van der Waals surface area contributed by atoms with Crippen molar-refractivity contribution in [2.45, 2.75) is 0 Å². The van der Waals surface area contributed by atoms with E-state index in [0.717, 1.165) is 0 Å². The van der Waals surface area contributed by atoms with Gasteiger partial charge in [0.15, 0.2) is 0 Å². The Bertz CT molecular complexity index is 174. The summed E-state index contributed by atoms with van der Waals surface area (Å²) in [7, 11) is 0. The van der Waals surface area contributed by atoms with Crippen molar-refractivity contribution in [2.24, 2.45) is 0 Å². The third-order valence-corrected chi connectivity index (χ3v) is 1.45. The van der Waals surface area contributed by atoms with Crippen molar-refractivity contribution in [2.75, 3.05) is 0 Å². The molecule has 1 nitrogen and oxygen atoms in total. The molecule has 7 heavy (non-hydrogen) atoms. The second kappa shape index (κ2) is 2.19. The molecule has 1 rings (SSSR count). The summed E-state index contributed by atoms with van der Waals surface area (Å²) in [6.07, 6.45) is 1.92. The van der Waals surface area contributed by atoms with Crippen molar-refractivity contribution in [1.82, 2.24) is 4.98 Å². The summed E-state index contributed by atoms with van der Waals surface area (Å²) in [5.41, 5.74) is 0. The van der Waals surface area contributed by atoms with Crippen LogP contribution in [0, 0.1) is 3.84 Å². The number of hydrogen-bond acceptors (Lipinski definition) is 0. The summed E-state index contributed by atoms with van der Waals surface area (Å²) in [5.74, 6) is 0. The molecule has 0 saturated heterocycles. The first kappa shape index (κ1) is 4.93. The van der Waals surface area contributed by atoms with Gasteiger partial charge >= 0.3 is 51.4 Å². The van der Waals surface area contributed by atoms with Crippen LogP contribution in [0.1, 0.15) is 0 Å². The predicted octanol–water partition coefficient (Wildman–Crippen LogP) is 1.09. The van der Waals surface area contributed by atoms with Crippen LogP contribution in [0.3, 0.4) is 0 Å². The first-order valence-corrected chi connectivity index (χ1v) is 3.27. The first-order chi connectivity index (χ1) is 3.39. The Morgan fingerprint density at radius 2 is 2.29 bits per heavy atom.